The number of halogens is 2. The van der Waals surface area contributed by atoms with Gasteiger partial charge in [0.25, 0.3) is 0 Å². The minimum absolute atomic E-state index is 0.682. The van der Waals surface area contributed by atoms with Crippen LogP contribution in [0.1, 0.15) is 89.9 Å². The Kier molecular flexibility index (Phi) is 12.2. The van der Waals surface area contributed by atoms with Gasteiger partial charge < -0.3 is 18.9 Å². The lowest BCUT2D eigenvalue weighted by atomic mass is 9.85. The fourth-order valence-corrected chi connectivity index (χ4v) is 8.33. The molecule has 0 radical (unpaired) electrons. The molecule has 5 aromatic carbocycles. The maximum atomic E-state index is 6.73. The molecule has 0 saturated carbocycles. The highest BCUT2D eigenvalue weighted by Gasteiger charge is 2.26. The Hall–Kier alpha value is -3.22. The van der Waals surface area contributed by atoms with E-state index in [2.05, 4.69) is 105 Å². The summed E-state index contributed by atoms with van der Waals surface area (Å²) >= 11 is 7.71. The van der Waals surface area contributed by atoms with E-state index < -0.39 is 0 Å². The van der Waals surface area contributed by atoms with Crippen LogP contribution in [0.5, 0.6) is 23.0 Å². The summed E-state index contributed by atoms with van der Waals surface area (Å²) in [4.78, 5) is 0. The topological polar surface area (TPSA) is 36.9 Å². The van der Waals surface area contributed by atoms with Crippen LogP contribution in [0.15, 0.2) is 81.7 Å². The van der Waals surface area contributed by atoms with Gasteiger partial charge in [0.15, 0.2) is 0 Å². The molecule has 5 aromatic rings. The van der Waals surface area contributed by atoms with Crippen molar-refractivity contribution in [3.8, 4) is 45.3 Å². The molecule has 6 heteroatoms. The third-order valence-corrected chi connectivity index (χ3v) is 11.1. The fraction of sp³-hybridized carbons (Fsp3) is 0.409. The Morgan fingerprint density at radius 1 is 0.320 bits per heavy atom. The molecule has 0 atom stereocenters. The van der Waals surface area contributed by atoms with Gasteiger partial charge in [-0.1, -0.05) is 120 Å². The molecule has 262 valence electrons. The van der Waals surface area contributed by atoms with Gasteiger partial charge in [-0.2, -0.15) is 0 Å². The largest absolute Gasteiger partial charge is 0.493 e. The molecule has 7 rings (SSSR count). The second-order valence-electron chi connectivity index (χ2n) is 13.7. The van der Waals surface area contributed by atoms with Crippen LogP contribution < -0.4 is 18.9 Å². The predicted molar refractivity (Wildman–Crippen MR) is 214 cm³/mol. The third kappa shape index (κ3) is 8.12. The molecule has 0 aromatic heterocycles. The Balaban J connectivity index is 1.56. The monoisotopic (exact) mass is 798 g/mol. The summed E-state index contributed by atoms with van der Waals surface area (Å²) in [6.07, 6.45) is 16.2. The van der Waals surface area contributed by atoms with Gasteiger partial charge in [0.1, 0.15) is 23.0 Å². The zero-order valence-electron chi connectivity index (χ0n) is 29.0. The predicted octanol–water partition coefficient (Wildman–Crippen LogP) is 13.9. The molecule has 4 nitrogen and oxygen atoms in total. The number of ether oxygens (including phenoxy) is 4. The van der Waals surface area contributed by atoms with E-state index in [9.17, 15) is 0 Å². The van der Waals surface area contributed by atoms with E-state index >= 15 is 0 Å². The summed E-state index contributed by atoms with van der Waals surface area (Å²) in [5, 5.41) is 4.51. The number of rotatable bonds is 0. The first-order valence-corrected chi connectivity index (χ1v) is 20.4. The summed E-state index contributed by atoms with van der Waals surface area (Å²) < 4.78 is 29.0. The molecular formula is C44H48Br2O4. The molecule has 2 aliphatic rings. The van der Waals surface area contributed by atoms with Crippen molar-refractivity contribution >= 4 is 53.4 Å². The molecule has 0 spiro atoms. The molecule has 50 heavy (non-hydrogen) atoms. The van der Waals surface area contributed by atoms with Crippen LogP contribution in [0.4, 0.5) is 0 Å². The average molecular weight is 801 g/mol. The van der Waals surface area contributed by atoms with Crippen LogP contribution in [0.2, 0.25) is 0 Å². The summed E-state index contributed by atoms with van der Waals surface area (Å²) in [6, 6.07) is 26.0. The molecule has 4 bridgehead atoms. The van der Waals surface area contributed by atoms with Crippen molar-refractivity contribution in [3.63, 3.8) is 0 Å². The normalized spacial score (nSPS) is 17.0. The molecule has 0 fully saturated rings. The quantitative estimate of drug-likeness (QED) is 0.146. The number of hydrogen-bond donors (Lipinski definition) is 0. The van der Waals surface area contributed by atoms with Gasteiger partial charge in [-0.3, -0.25) is 0 Å². The number of benzene rings is 5. The molecule has 2 heterocycles. The van der Waals surface area contributed by atoms with Crippen molar-refractivity contribution in [1.82, 2.24) is 0 Å². The van der Waals surface area contributed by atoms with Crippen LogP contribution in [0.25, 0.3) is 43.8 Å². The van der Waals surface area contributed by atoms with Crippen LogP contribution in [-0.2, 0) is 0 Å². The zero-order valence-corrected chi connectivity index (χ0v) is 32.2. The standard InChI is InChI=1S/C44H48Br2O4/c45-31-22-24-34-35(29-31)41-33-23-21-32(46)30-36(33)42(34)44-38-18-16-20-40(44)50-28-14-10-6-2-5-9-13-27-49-39-19-15-17-37(43(39)41)47-25-11-7-3-1-4-8-12-26-48-38/h15-24,29-30H,1-14,25-28H2. The van der Waals surface area contributed by atoms with Gasteiger partial charge in [0.2, 0.25) is 0 Å². The van der Waals surface area contributed by atoms with Gasteiger partial charge in [-0.05, 0) is 95.8 Å². The van der Waals surface area contributed by atoms with Crippen LogP contribution >= 0.6 is 31.9 Å². The van der Waals surface area contributed by atoms with E-state index in [4.69, 9.17) is 18.9 Å². The Labute approximate surface area is 314 Å². The highest BCUT2D eigenvalue weighted by Crippen LogP contribution is 2.53. The SMILES string of the molecule is Brc1ccc2c3c4cc(Br)ccc4c(c2c1)-c1c2cccc1OCCCCCCCCCOc1cccc(c1-3)OCCCCCCCCCO2. The zero-order chi connectivity index (χ0) is 34.1. The van der Waals surface area contributed by atoms with E-state index in [0.29, 0.717) is 26.4 Å². The van der Waals surface area contributed by atoms with E-state index in [0.717, 1.165) is 101 Å². The van der Waals surface area contributed by atoms with Crippen molar-refractivity contribution in [1.29, 1.82) is 0 Å². The second-order valence-corrected chi connectivity index (χ2v) is 15.6. The van der Waals surface area contributed by atoms with E-state index in [1.165, 1.54) is 64.2 Å². The molecule has 0 aliphatic carbocycles. The first-order chi connectivity index (χ1) is 24.7. The second kappa shape index (κ2) is 17.3. The third-order valence-electron chi connectivity index (χ3n) is 10.1. The van der Waals surface area contributed by atoms with E-state index in [-0.39, 0.29) is 0 Å². The fourth-order valence-electron chi connectivity index (χ4n) is 7.61. The smallest absolute Gasteiger partial charge is 0.130 e. The van der Waals surface area contributed by atoms with Gasteiger partial charge in [0, 0.05) is 20.1 Å². The molecule has 0 amide bonds. The number of hydrogen-bond acceptors (Lipinski definition) is 4. The highest BCUT2D eigenvalue weighted by atomic mass is 79.9. The van der Waals surface area contributed by atoms with Crippen molar-refractivity contribution in [3.05, 3.63) is 81.7 Å². The van der Waals surface area contributed by atoms with Crippen LogP contribution in [0, 0.1) is 0 Å². The summed E-state index contributed by atoms with van der Waals surface area (Å²) in [7, 11) is 0. The van der Waals surface area contributed by atoms with Crippen molar-refractivity contribution in [2.45, 2.75) is 89.9 Å². The van der Waals surface area contributed by atoms with Crippen molar-refractivity contribution in [2.24, 2.45) is 0 Å². The van der Waals surface area contributed by atoms with Gasteiger partial charge in [-0.25, -0.2) is 0 Å². The minimum Gasteiger partial charge on any atom is -0.493 e. The molecule has 0 saturated heterocycles. The van der Waals surface area contributed by atoms with Crippen LogP contribution in [-0.4, -0.2) is 26.4 Å². The lowest BCUT2D eigenvalue weighted by Crippen LogP contribution is -2.04. The Bertz CT molecular complexity index is 1720. The van der Waals surface area contributed by atoms with Crippen molar-refractivity contribution in [2.75, 3.05) is 26.4 Å². The summed E-state index contributed by atoms with van der Waals surface area (Å²) in [5.41, 5.74) is 4.28. The summed E-state index contributed by atoms with van der Waals surface area (Å²) in [5.74, 6) is 3.49. The van der Waals surface area contributed by atoms with Gasteiger partial charge in [-0.15, -0.1) is 0 Å². The lowest BCUT2D eigenvalue weighted by molar-refractivity contribution is 0.288. The maximum Gasteiger partial charge on any atom is 0.130 e. The van der Waals surface area contributed by atoms with Gasteiger partial charge in [0.05, 0.1) is 37.6 Å². The van der Waals surface area contributed by atoms with Crippen LogP contribution in [0.3, 0.4) is 0 Å². The summed E-state index contributed by atoms with van der Waals surface area (Å²) in [6.45, 7) is 2.73. The molecule has 2 aliphatic heterocycles. The molecule has 0 unspecified atom stereocenters. The molecular weight excluding hydrogens is 752 g/mol. The Morgan fingerprint density at radius 2 is 0.620 bits per heavy atom. The van der Waals surface area contributed by atoms with E-state index in [1.54, 1.807) is 0 Å². The maximum absolute atomic E-state index is 6.73. The first kappa shape index (κ1) is 35.2. The van der Waals surface area contributed by atoms with Crippen molar-refractivity contribution < 1.29 is 18.9 Å². The van der Waals surface area contributed by atoms with Gasteiger partial charge >= 0.3 is 0 Å². The first-order valence-electron chi connectivity index (χ1n) is 18.8. The molecule has 0 N–H and O–H groups in total. The average Bonchev–Trinajstić information content (AvgIpc) is 3.12. The highest BCUT2D eigenvalue weighted by molar-refractivity contribution is 9.10. The Morgan fingerprint density at radius 3 is 0.940 bits per heavy atom. The minimum atomic E-state index is 0.682. The van der Waals surface area contributed by atoms with E-state index in [1.807, 2.05) is 0 Å². The lowest BCUT2D eigenvalue weighted by Gasteiger charge is -2.24.